The number of piperidine rings is 1. The zero-order valence-electron chi connectivity index (χ0n) is 10.4. The first kappa shape index (κ1) is 12.2. The van der Waals surface area contributed by atoms with Crippen molar-refractivity contribution in [3.63, 3.8) is 0 Å². The van der Waals surface area contributed by atoms with Crippen molar-refractivity contribution in [3.8, 4) is 0 Å². The van der Waals surface area contributed by atoms with Gasteiger partial charge < -0.3 is 15.5 Å². The fourth-order valence-electron chi connectivity index (χ4n) is 2.44. The van der Waals surface area contributed by atoms with Gasteiger partial charge in [-0.1, -0.05) is 0 Å². The molecule has 2 aliphatic rings. The van der Waals surface area contributed by atoms with Crippen LogP contribution in [0.3, 0.4) is 0 Å². The van der Waals surface area contributed by atoms with Crippen LogP contribution in [-0.4, -0.2) is 54.4 Å². The van der Waals surface area contributed by atoms with E-state index in [0.717, 1.165) is 39.0 Å². The molecular formula is C12H22N4O. The lowest BCUT2D eigenvalue weighted by molar-refractivity contribution is -0.128. The van der Waals surface area contributed by atoms with E-state index in [0.29, 0.717) is 5.96 Å². The van der Waals surface area contributed by atoms with Crippen LogP contribution in [-0.2, 0) is 4.79 Å². The molecule has 0 aromatic rings. The van der Waals surface area contributed by atoms with E-state index in [1.165, 1.54) is 19.3 Å². The van der Waals surface area contributed by atoms with Gasteiger partial charge in [-0.2, -0.15) is 0 Å². The monoisotopic (exact) mass is 238 g/mol. The summed E-state index contributed by atoms with van der Waals surface area (Å²) in [4.78, 5) is 20.0. The fourth-order valence-corrected chi connectivity index (χ4v) is 2.44. The van der Waals surface area contributed by atoms with E-state index in [9.17, 15) is 4.79 Å². The molecule has 2 heterocycles. The molecule has 2 aliphatic heterocycles. The Morgan fingerprint density at radius 2 is 1.47 bits per heavy atom. The molecule has 2 saturated heterocycles. The summed E-state index contributed by atoms with van der Waals surface area (Å²) in [6.45, 7) is 3.94. The standard InChI is InChI=1S/C12H22N4O/c13-12(16-8-2-1-3-9-16)14-10-11(17)15-6-4-5-7-15/h1-10H2,(H2,13,14). The molecule has 17 heavy (non-hydrogen) atoms. The van der Waals surface area contributed by atoms with Crippen LogP contribution in [0.2, 0.25) is 0 Å². The Morgan fingerprint density at radius 1 is 0.941 bits per heavy atom. The third-order valence-corrected chi connectivity index (χ3v) is 3.52. The average molecular weight is 238 g/mol. The lowest BCUT2D eigenvalue weighted by Crippen LogP contribution is -2.41. The van der Waals surface area contributed by atoms with Crippen molar-refractivity contribution >= 4 is 11.9 Å². The summed E-state index contributed by atoms with van der Waals surface area (Å²) in [6, 6.07) is 0. The van der Waals surface area contributed by atoms with E-state index in [1.54, 1.807) is 0 Å². The number of carbonyl (C=O) groups excluding carboxylic acids is 1. The van der Waals surface area contributed by atoms with Crippen LogP contribution in [0, 0.1) is 0 Å². The van der Waals surface area contributed by atoms with Crippen molar-refractivity contribution in [2.24, 2.45) is 10.7 Å². The van der Waals surface area contributed by atoms with Gasteiger partial charge in [0, 0.05) is 26.2 Å². The summed E-state index contributed by atoms with van der Waals surface area (Å²) >= 11 is 0. The Balaban J connectivity index is 1.79. The number of carbonyl (C=O) groups is 1. The molecule has 2 fully saturated rings. The van der Waals surface area contributed by atoms with Crippen LogP contribution in [0.4, 0.5) is 0 Å². The van der Waals surface area contributed by atoms with Gasteiger partial charge in [-0.15, -0.1) is 0 Å². The highest BCUT2D eigenvalue weighted by Crippen LogP contribution is 2.09. The summed E-state index contributed by atoms with van der Waals surface area (Å²) in [5, 5.41) is 0. The number of hydrogen-bond acceptors (Lipinski definition) is 2. The van der Waals surface area contributed by atoms with E-state index in [4.69, 9.17) is 5.73 Å². The number of nitrogens with two attached hydrogens (primary N) is 1. The number of aliphatic imine (C=N–C) groups is 1. The van der Waals surface area contributed by atoms with Crippen molar-refractivity contribution < 1.29 is 4.79 Å². The predicted octanol–water partition coefficient (Wildman–Crippen LogP) is 0.409. The maximum Gasteiger partial charge on any atom is 0.244 e. The summed E-state index contributed by atoms with van der Waals surface area (Å²) in [7, 11) is 0. The molecule has 0 radical (unpaired) electrons. The molecule has 5 heteroatoms. The molecule has 5 nitrogen and oxygen atoms in total. The van der Waals surface area contributed by atoms with Crippen molar-refractivity contribution in [1.82, 2.24) is 9.80 Å². The lowest BCUT2D eigenvalue weighted by atomic mass is 10.1. The molecule has 0 aromatic carbocycles. The van der Waals surface area contributed by atoms with Crippen LogP contribution in [0.1, 0.15) is 32.1 Å². The van der Waals surface area contributed by atoms with Crippen molar-refractivity contribution in [1.29, 1.82) is 0 Å². The maximum atomic E-state index is 11.8. The Hall–Kier alpha value is -1.26. The molecule has 2 N–H and O–H groups in total. The molecular weight excluding hydrogens is 216 g/mol. The number of rotatable bonds is 2. The smallest absolute Gasteiger partial charge is 0.244 e. The molecule has 0 unspecified atom stereocenters. The second-order valence-electron chi connectivity index (χ2n) is 4.81. The van der Waals surface area contributed by atoms with Crippen LogP contribution < -0.4 is 5.73 Å². The highest BCUT2D eigenvalue weighted by atomic mass is 16.2. The number of nitrogens with zero attached hydrogens (tertiary/aromatic N) is 3. The highest BCUT2D eigenvalue weighted by molar-refractivity contribution is 5.84. The van der Waals surface area contributed by atoms with Gasteiger partial charge in [-0.3, -0.25) is 4.79 Å². The van der Waals surface area contributed by atoms with Crippen molar-refractivity contribution in [2.45, 2.75) is 32.1 Å². The molecule has 0 aliphatic carbocycles. The van der Waals surface area contributed by atoms with Gasteiger partial charge in [0.2, 0.25) is 5.91 Å². The second-order valence-corrected chi connectivity index (χ2v) is 4.81. The Kier molecular flexibility index (Phi) is 4.23. The van der Waals surface area contributed by atoms with Crippen LogP contribution in [0.5, 0.6) is 0 Å². The molecule has 0 atom stereocenters. The maximum absolute atomic E-state index is 11.8. The first-order valence-corrected chi connectivity index (χ1v) is 6.60. The van der Waals surface area contributed by atoms with Crippen molar-refractivity contribution in [2.75, 3.05) is 32.7 Å². The largest absolute Gasteiger partial charge is 0.370 e. The van der Waals surface area contributed by atoms with Gasteiger partial charge in [0.25, 0.3) is 0 Å². The Morgan fingerprint density at radius 3 is 2.12 bits per heavy atom. The number of guanidine groups is 1. The SMILES string of the molecule is NC(=NCC(=O)N1CCCC1)N1CCCCC1. The molecule has 0 bridgehead atoms. The van der Waals surface area contributed by atoms with Gasteiger partial charge in [0.15, 0.2) is 5.96 Å². The minimum Gasteiger partial charge on any atom is -0.370 e. The fraction of sp³-hybridized carbons (Fsp3) is 0.833. The summed E-state index contributed by atoms with van der Waals surface area (Å²) in [5.41, 5.74) is 5.90. The zero-order chi connectivity index (χ0) is 12.1. The minimum absolute atomic E-state index is 0.113. The van der Waals surface area contributed by atoms with E-state index < -0.39 is 0 Å². The number of hydrogen-bond donors (Lipinski definition) is 1. The van der Waals surface area contributed by atoms with Crippen LogP contribution in [0.25, 0.3) is 0 Å². The highest BCUT2D eigenvalue weighted by Gasteiger charge is 2.18. The Labute approximate surface area is 103 Å². The molecule has 0 spiro atoms. The first-order valence-electron chi connectivity index (χ1n) is 6.60. The van der Waals surface area contributed by atoms with E-state index in [-0.39, 0.29) is 12.5 Å². The van der Waals surface area contributed by atoms with Gasteiger partial charge in [0.1, 0.15) is 6.54 Å². The normalized spacial score (nSPS) is 22.0. The van der Waals surface area contributed by atoms with E-state index in [2.05, 4.69) is 9.89 Å². The quantitative estimate of drug-likeness (QED) is 0.560. The van der Waals surface area contributed by atoms with Gasteiger partial charge in [-0.05, 0) is 32.1 Å². The molecule has 0 saturated carbocycles. The molecule has 1 amide bonds. The minimum atomic E-state index is 0.113. The third kappa shape index (κ3) is 3.35. The molecule has 0 aromatic heterocycles. The van der Waals surface area contributed by atoms with Crippen molar-refractivity contribution in [3.05, 3.63) is 0 Å². The number of amides is 1. The molecule has 96 valence electrons. The van der Waals surface area contributed by atoms with Gasteiger partial charge in [0.05, 0.1) is 0 Å². The second kappa shape index (κ2) is 5.89. The topological polar surface area (TPSA) is 61.9 Å². The summed E-state index contributed by atoms with van der Waals surface area (Å²) < 4.78 is 0. The summed E-state index contributed by atoms with van der Waals surface area (Å²) in [5.74, 6) is 0.653. The summed E-state index contributed by atoms with van der Waals surface area (Å²) in [6.07, 6.45) is 5.87. The van der Waals surface area contributed by atoms with E-state index in [1.807, 2.05) is 4.90 Å². The van der Waals surface area contributed by atoms with Gasteiger partial charge in [-0.25, -0.2) is 4.99 Å². The third-order valence-electron chi connectivity index (χ3n) is 3.52. The number of likely N-dealkylation sites (tertiary alicyclic amines) is 2. The van der Waals surface area contributed by atoms with Crippen LogP contribution >= 0.6 is 0 Å². The first-order chi connectivity index (χ1) is 8.27. The average Bonchev–Trinajstić information content (AvgIpc) is 2.90. The molecule has 2 rings (SSSR count). The van der Waals surface area contributed by atoms with Gasteiger partial charge >= 0.3 is 0 Å². The zero-order valence-corrected chi connectivity index (χ0v) is 10.4. The van der Waals surface area contributed by atoms with E-state index >= 15 is 0 Å². The lowest BCUT2D eigenvalue weighted by Gasteiger charge is -2.27. The van der Waals surface area contributed by atoms with Crippen LogP contribution in [0.15, 0.2) is 4.99 Å². The predicted molar refractivity (Wildman–Crippen MR) is 67.7 cm³/mol. The Bertz CT molecular complexity index is 291.